The lowest BCUT2D eigenvalue weighted by Crippen LogP contribution is -2.23. The molecule has 2 aromatic rings. The van der Waals surface area contributed by atoms with E-state index in [0.29, 0.717) is 15.4 Å². The van der Waals surface area contributed by atoms with Crippen molar-refractivity contribution in [1.29, 1.82) is 0 Å². The van der Waals surface area contributed by atoms with E-state index in [4.69, 9.17) is 4.42 Å². The highest BCUT2D eigenvalue weighted by atomic mass is 27.0. The molecule has 0 fully saturated rings. The minimum Gasteiger partial charge on any atom is -0.465 e. The van der Waals surface area contributed by atoms with Crippen LogP contribution in [0.4, 0.5) is 0 Å². The van der Waals surface area contributed by atoms with Gasteiger partial charge in [-0.15, -0.1) is 0 Å². The zero-order chi connectivity index (χ0) is 8.55. The Morgan fingerprint density at radius 1 is 1.25 bits per heavy atom. The van der Waals surface area contributed by atoms with Crippen molar-refractivity contribution in [1.82, 2.24) is 0 Å². The minimum absolute atomic E-state index is 0.0156. The summed E-state index contributed by atoms with van der Waals surface area (Å²) >= 11 is 2.35. The van der Waals surface area contributed by atoms with Crippen molar-refractivity contribution in [3.8, 4) is 0 Å². The van der Waals surface area contributed by atoms with E-state index in [1.807, 2.05) is 12.1 Å². The van der Waals surface area contributed by atoms with Gasteiger partial charge in [0.25, 0.3) is 0 Å². The van der Waals surface area contributed by atoms with Gasteiger partial charge in [0, 0.05) is 0 Å². The van der Waals surface area contributed by atoms with Gasteiger partial charge in [-0.1, -0.05) is 16.6 Å². The van der Waals surface area contributed by atoms with Crippen molar-refractivity contribution in [2.24, 2.45) is 0 Å². The molecule has 1 aromatic carbocycles. The molecule has 0 aliphatic carbocycles. The summed E-state index contributed by atoms with van der Waals surface area (Å²) in [6, 6.07) is 7.20. The molecule has 0 saturated carbocycles. The summed E-state index contributed by atoms with van der Waals surface area (Å²) in [5.41, 5.74) is 0.649. The van der Waals surface area contributed by atoms with Crippen molar-refractivity contribution < 1.29 is 4.42 Å². The molecule has 0 amide bonds. The SMILES string of the molecule is O=c1[c]([Al])coc2ccccc12. The molecular weight excluding hydrogens is 167 g/mol. The van der Waals surface area contributed by atoms with Crippen LogP contribution < -0.4 is 9.85 Å². The number of hydrogen-bond donors (Lipinski definition) is 0. The van der Waals surface area contributed by atoms with Gasteiger partial charge < -0.3 is 4.42 Å². The lowest BCUT2D eigenvalue weighted by molar-refractivity contribution is 0.607. The number of benzene rings is 1. The second-order valence-electron chi connectivity index (χ2n) is 2.52. The zero-order valence-electron chi connectivity index (χ0n) is 6.28. The molecule has 0 atom stereocenters. The summed E-state index contributed by atoms with van der Waals surface area (Å²) in [4.78, 5) is 11.4. The highest BCUT2D eigenvalue weighted by Crippen LogP contribution is 2.06. The van der Waals surface area contributed by atoms with Gasteiger partial charge in [0.1, 0.15) is 5.58 Å². The first kappa shape index (κ1) is 7.60. The Bertz CT molecular complexity index is 473. The van der Waals surface area contributed by atoms with Gasteiger partial charge in [0.05, 0.1) is 11.6 Å². The van der Waals surface area contributed by atoms with E-state index in [1.165, 1.54) is 6.26 Å². The quantitative estimate of drug-likeness (QED) is 0.544. The number of hydrogen-bond acceptors (Lipinski definition) is 2. The van der Waals surface area contributed by atoms with Gasteiger partial charge in [0.15, 0.2) is 21.7 Å². The Balaban J connectivity index is 3.01. The number of para-hydroxylation sites is 1. The maximum atomic E-state index is 11.4. The minimum atomic E-state index is 0.0156. The van der Waals surface area contributed by atoms with Gasteiger partial charge in [-0.3, -0.25) is 4.79 Å². The normalized spacial score (nSPS) is 10.3. The summed E-state index contributed by atoms with van der Waals surface area (Å²) in [6.45, 7) is 0. The van der Waals surface area contributed by atoms with Crippen LogP contribution in [0.25, 0.3) is 11.0 Å². The summed E-state index contributed by atoms with van der Waals surface area (Å²) < 4.78 is 5.77. The molecule has 0 bridgehead atoms. The van der Waals surface area contributed by atoms with Crippen LogP contribution in [0.15, 0.2) is 39.7 Å². The summed E-state index contributed by atoms with van der Waals surface area (Å²) in [6.07, 6.45) is 1.45. The molecule has 0 unspecified atom stereocenters. The maximum absolute atomic E-state index is 11.4. The third kappa shape index (κ3) is 1.08. The van der Waals surface area contributed by atoms with Crippen molar-refractivity contribution >= 4 is 31.7 Å². The third-order valence-corrected chi connectivity index (χ3v) is 2.11. The van der Waals surface area contributed by atoms with E-state index in [1.54, 1.807) is 12.1 Å². The van der Waals surface area contributed by atoms with Crippen LogP contribution in [0.5, 0.6) is 0 Å². The molecule has 3 heteroatoms. The van der Waals surface area contributed by atoms with Gasteiger partial charge >= 0.3 is 0 Å². The van der Waals surface area contributed by atoms with Crippen LogP contribution >= 0.6 is 0 Å². The van der Waals surface area contributed by atoms with Crippen molar-refractivity contribution in [3.05, 3.63) is 40.8 Å². The lowest BCUT2D eigenvalue weighted by atomic mass is 10.2. The molecule has 2 rings (SSSR count). The molecule has 0 spiro atoms. The highest BCUT2D eigenvalue weighted by molar-refractivity contribution is 6.32. The second kappa shape index (κ2) is 2.78. The van der Waals surface area contributed by atoms with E-state index in [0.717, 1.165) is 0 Å². The molecule has 1 heterocycles. The Morgan fingerprint density at radius 3 is 2.83 bits per heavy atom. The number of rotatable bonds is 0. The van der Waals surface area contributed by atoms with E-state index < -0.39 is 0 Å². The van der Waals surface area contributed by atoms with Crippen LogP contribution in [0.3, 0.4) is 0 Å². The summed E-state index contributed by atoms with van der Waals surface area (Å²) in [7, 11) is 0. The van der Waals surface area contributed by atoms with Gasteiger partial charge in [-0.2, -0.15) is 0 Å². The van der Waals surface area contributed by atoms with Gasteiger partial charge in [0.2, 0.25) is 0 Å². The monoisotopic (exact) mass is 172 g/mol. The maximum Gasteiger partial charge on any atom is 0.187 e. The molecule has 0 saturated heterocycles. The predicted molar refractivity (Wildman–Crippen MR) is 47.9 cm³/mol. The van der Waals surface area contributed by atoms with Gasteiger partial charge in [-0.05, 0) is 12.1 Å². The summed E-state index contributed by atoms with van der Waals surface area (Å²) in [5, 5.41) is 0.630. The lowest BCUT2D eigenvalue weighted by Gasteiger charge is -1.96. The Labute approximate surface area is 77.2 Å². The predicted octanol–water partition coefficient (Wildman–Crippen LogP) is 0.587. The van der Waals surface area contributed by atoms with Crippen LogP contribution in [-0.4, -0.2) is 16.3 Å². The van der Waals surface area contributed by atoms with E-state index in [9.17, 15) is 4.79 Å². The molecular formula is C9H5AlO2. The van der Waals surface area contributed by atoms with Crippen LogP contribution in [0.2, 0.25) is 0 Å². The fourth-order valence-corrected chi connectivity index (χ4v) is 1.32. The zero-order valence-corrected chi connectivity index (χ0v) is 7.44. The molecule has 12 heavy (non-hydrogen) atoms. The fraction of sp³-hybridized carbons (Fsp3) is 0. The Morgan fingerprint density at radius 2 is 2.00 bits per heavy atom. The van der Waals surface area contributed by atoms with E-state index >= 15 is 0 Å². The third-order valence-electron chi connectivity index (χ3n) is 1.71. The molecule has 0 aliphatic rings. The van der Waals surface area contributed by atoms with Crippen LogP contribution in [-0.2, 0) is 0 Å². The van der Waals surface area contributed by atoms with Crippen molar-refractivity contribution in [2.45, 2.75) is 0 Å². The number of fused-ring (bicyclic) bond motifs is 1. The van der Waals surface area contributed by atoms with Crippen molar-refractivity contribution in [2.75, 3.05) is 0 Å². The van der Waals surface area contributed by atoms with Crippen molar-refractivity contribution in [3.63, 3.8) is 0 Å². The topological polar surface area (TPSA) is 30.2 Å². The van der Waals surface area contributed by atoms with Crippen LogP contribution in [0.1, 0.15) is 0 Å². The molecule has 56 valence electrons. The molecule has 2 radical (unpaired) electrons. The average Bonchev–Trinajstić information content (AvgIpc) is 2.12. The van der Waals surface area contributed by atoms with E-state index in [2.05, 4.69) is 16.3 Å². The second-order valence-corrected chi connectivity index (χ2v) is 3.14. The summed E-state index contributed by atoms with van der Waals surface area (Å²) in [5.74, 6) is 0. The highest BCUT2D eigenvalue weighted by Gasteiger charge is 1.99. The first-order valence-electron chi connectivity index (χ1n) is 3.55. The van der Waals surface area contributed by atoms with E-state index in [-0.39, 0.29) is 5.43 Å². The molecule has 0 aliphatic heterocycles. The standard InChI is InChI=1S/C9H5O2.Al/c10-8-5-6-11-9-4-2-1-3-7(8)9;/h1-4,6H;. The average molecular weight is 172 g/mol. The van der Waals surface area contributed by atoms with Crippen LogP contribution in [0, 0.1) is 0 Å². The first-order valence-corrected chi connectivity index (χ1v) is 4.13. The smallest absolute Gasteiger partial charge is 0.187 e. The largest absolute Gasteiger partial charge is 0.465 e. The molecule has 1 aromatic heterocycles. The first-order chi connectivity index (χ1) is 5.79. The Kier molecular flexibility index (Phi) is 1.76. The van der Waals surface area contributed by atoms with Gasteiger partial charge in [-0.25, -0.2) is 0 Å². The Hall–Kier alpha value is -1.04. The molecule has 0 N–H and O–H groups in total. The fourth-order valence-electron chi connectivity index (χ4n) is 1.09. The molecule has 2 nitrogen and oxygen atoms in total.